The fourth-order valence-corrected chi connectivity index (χ4v) is 10.6. The highest BCUT2D eigenvalue weighted by Crippen LogP contribution is 2.62. The summed E-state index contributed by atoms with van der Waals surface area (Å²) in [7, 11) is 0. The monoisotopic (exact) mass is 761 g/mol. The van der Waals surface area contributed by atoms with E-state index < -0.39 is 5.41 Å². The van der Waals surface area contributed by atoms with Gasteiger partial charge in [-0.3, -0.25) is 4.57 Å². The highest BCUT2D eigenvalue weighted by molar-refractivity contribution is 6.19. The van der Waals surface area contributed by atoms with Crippen LogP contribution >= 0.6 is 0 Å². The summed E-state index contributed by atoms with van der Waals surface area (Å²) in [6.45, 7) is 0. The summed E-state index contributed by atoms with van der Waals surface area (Å²) in [5.41, 5.74) is 17.2. The number of nitrogens with zero attached hydrogens (tertiary/aromatic N) is 3. The lowest BCUT2D eigenvalue weighted by atomic mass is 9.64. The van der Waals surface area contributed by atoms with Gasteiger partial charge in [-0.1, -0.05) is 164 Å². The molecule has 1 atom stereocenters. The van der Waals surface area contributed by atoms with Crippen molar-refractivity contribution in [3.05, 3.63) is 234 Å². The molecule has 60 heavy (non-hydrogen) atoms. The first-order chi connectivity index (χ1) is 29.8. The first kappa shape index (κ1) is 33.1. The van der Waals surface area contributed by atoms with Crippen LogP contribution in [-0.4, -0.2) is 14.5 Å². The van der Waals surface area contributed by atoms with Gasteiger partial charge in [-0.15, -0.1) is 0 Å². The van der Waals surface area contributed by atoms with Gasteiger partial charge in [0.1, 0.15) is 5.82 Å². The van der Waals surface area contributed by atoms with Crippen molar-refractivity contribution in [1.29, 1.82) is 0 Å². The van der Waals surface area contributed by atoms with Gasteiger partial charge in [0.05, 0.1) is 27.7 Å². The number of rotatable bonds is 3. The van der Waals surface area contributed by atoms with Gasteiger partial charge in [0.25, 0.3) is 0 Å². The highest BCUT2D eigenvalue weighted by Gasteiger charge is 2.50. The van der Waals surface area contributed by atoms with Crippen molar-refractivity contribution in [2.24, 2.45) is 0 Å². The molecule has 3 aromatic heterocycles. The molecule has 3 heteroatoms. The zero-order valence-electron chi connectivity index (χ0n) is 32.5. The van der Waals surface area contributed by atoms with Crippen LogP contribution in [0.5, 0.6) is 0 Å². The molecule has 0 bridgehead atoms. The van der Waals surface area contributed by atoms with E-state index in [2.05, 4.69) is 193 Å². The molecule has 1 spiro atoms. The molecule has 0 amide bonds. The van der Waals surface area contributed by atoms with E-state index in [9.17, 15) is 0 Å². The number of benzene rings is 8. The molecule has 0 fully saturated rings. The van der Waals surface area contributed by atoms with E-state index in [1.807, 2.05) is 24.4 Å². The summed E-state index contributed by atoms with van der Waals surface area (Å²) < 4.78 is 2.24. The summed E-state index contributed by atoms with van der Waals surface area (Å²) in [4.78, 5) is 10.2. The second kappa shape index (κ2) is 12.6. The molecule has 2 aliphatic rings. The topological polar surface area (TPSA) is 30.7 Å². The Bertz CT molecular complexity index is 3600. The Labute approximate surface area is 347 Å². The Balaban J connectivity index is 1.12. The van der Waals surface area contributed by atoms with Crippen molar-refractivity contribution in [2.75, 3.05) is 0 Å². The maximum absolute atomic E-state index is 5.37. The average molecular weight is 762 g/mol. The van der Waals surface area contributed by atoms with Crippen LogP contribution < -0.4 is 0 Å². The van der Waals surface area contributed by atoms with Gasteiger partial charge in [-0.05, 0) is 120 Å². The van der Waals surface area contributed by atoms with E-state index in [-0.39, 0.29) is 0 Å². The lowest BCUT2D eigenvalue weighted by molar-refractivity contribution is 0.774. The van der Waals surface area contributed by atoms with Crippen LogP contribution in [0.2, 0.25) is 0 Å². The highest BCUT2D eigenvalue weighted by atomic mass is 15.1. The zero-order chi connectivity index (χ0) is 39.4. The number of aromatic nitrogens is 3. The fourth-order valence-electron chi connectivity index (χ4n) is 10.6. The molecule has 13 rings (SSSR count). The molecule has 11 aromatic rings. The molecule has 0 saturated heterocycles. The minimum atomic E-state index is -0.591. The molecule has 1 unspecified atom stereocenters. The van der Waals surface area contributed by atoms with E-state index in [1.54, 1.807) is 0 Å². The Hall–Kier alpha value is -7.88. The van der Waals surface area contributed by atoms with Crippen LogP contribution in [0, 0.1) is 0 Å². The van der Waals surface area contributed by atoms with Crippen molar-refractivity contribution in [2.45, 2.75) is 5.41 Å². The van der Waals surface area contributed by atoms with Gasteiger partial charge in [-0.2, -0.15) is 0 Å². The van der Waals surface area contributed by atoms with Gasteiger partial charge in [0.15, 0.2) is 0 Å². The van der Waals surface area contributed by atoms with Gasteiger partial charge in [0, 0.05) is 17.1 Å². The molecular formula is C57H35N3. The van der Waals surface area contributed by atoms with Gasteiger partial charge >= 0.3 is 0 Å². The number of hydrogen-bond donors (Lipinski definition) is 0. The van der Waals surface area contributed by atoms with Crippen LogP contribution in [0.4, 0.5) is 0 Å². The second-order valence-corrected chi connectivity index (χ2v) is 16.0. The van der Waals surface area contributed by atoms with Crippen molar-refractivity contribution in [3.63, 3.8) is 0 Å². The van der Waals surface area contributed by atoms with Crippen molar-refractivity contribution < 1.29 is 0 Å². The van der Waals surface area contributed by atoms with Crippen molar-refractivity contribution in [1.82, 2.24) is 14.5 Å². The Kier molecular flexibility index (Phi) is 6.93. The van der Waals surface area contributed by atoms with Gasteiger partial charge in [0.2, 0.25) is 0 Å². The maximum atomic E-state index is 5.37. The SMILES string of the molecule is C1=Cc2ccc(-c3ccc4c(c3)c3nc(-c5ccccc5)ccc3n4-c3ccccn3)cc2C2(c3ccccc31)c1ccccc1-c1c2c2ccccc2c2ccccc12. The number of hydrogen-bond acceptors (Lipinski definition) is 2. The molecule has 3 nitrogen and oxygen atoms in total. The van der Waals surface area contributed by atoms with E-state index in [0.29, 0.717) is 0 Å². The summed E-state index contributed by atoms with van der Waals surface area (Å²) in [6.07, 6.45) is 6.51. The summed E-state index contributed by atoms with van der Waals surface area (Å²) >= 11 is 0. The van der Waals surface area contributed by atoms with E-state index in [0.717, 1.165) is 50.1 Å². The zero-order valence-corrected chi connectivity index (χ0v) is 32.5. The van der Waals surface area contributed by atoms with Crippen LogP contribution in [0.3, 0.4) is 0 Å². The van der Waals surface area contributed by atoms with Crippen LogP contribution in [-0.2, 0) is 5.41 Å². The Morgan fingerprint density at radius 1 is 0.417 bits per heavy atom. The number of fused-ring (bicyclic) bond motifs is 17. The standard InChI is InChI=1S/C57H35N3/c1-2-15-38(16-3-1)50-30-32-52-56(59-50)46-34-39(29-31-51(46)60(52)53-24-12-13-33-58-53)40-28-27-37-26-25-36-14-4-10-22-47(36)57(49(37)35-40)48-23-11-9-21-45(48)54-43-19-7-5-17-41(43)42-18-6-8-20-44(42)55(54)57/h1-35H. The summed E-state index contributed by atoms with van der Waals surface area (Å²) in [5, 5.41) is 6.24. The third-order valence-electron chi connectivity index (χ3n) is 13.1. The normalized spacial score (nSPS) is 15.0. The smallest absolute Gasteiger partial charge is 0.137 e. The lowest BCUT2D eigenvalue weighted by Crippen LogP contribution is -2.30. The molecule has 2 aliphatic carbocycles. The fraction of sp³-hybridized carbons (Fsp3) is 0.0175. The predicted molar refractivity (Wildman–Crippen MR) is 248 cm³/mol. The molecular weight excluding hydrogens is 727 g/mol. The Morgan fingerprint density at radius 2 is 1.07 bits per heavy atom. The van der Waals surface area contributed by atoms with Crippen LogP contribution in [0.1, 0.15) is 33.4 Å². The number of pyridine rings is 2. The maximum Gasteiger partial charge on any atom is 0.137 e. The average Bonchev–Trinajstić information content (AvgIpc) is 3.77. The van der Waals surface area contributed by atoms with Gasteiger partial charge < -0.3 is 0 Å². The van der Waals surface area contributed by atoms with E-state index in [1.165, 1.54) is 66.1 Å². The molecule has 0 aliphatic heterocycles. The second-order valence-electron chi connectivity index (χ2n) is 16.0. The molecule has 278 valence electrons. The first-order valence-corrected chi connectivity index (χ1v) is 20.7. The largest absolute Gasteiger partial charge is 0.292 e. The Morgan fingerprint density at radius 3 is 1.90 bits per heavy atom. The van der Waals surface area contributed by atoms with E-state index in [4.69, 9.17) is 9.97 Å². The molecule has 3 heterocycles. The molecule has 0 saturated carbocycles. The first-order valence-electron chi connectivity index (χ1n) is 20.7. The molecule has 0 radical (unpaired) electrons. The minimum Gasteiger partial charge on any atom is -0.292 e. The van der Waals surface area contributed by atoms with Crippen LogP contribution in [0.25, 0.3) is 95.0 Å². The van der Waals surface area contributed by atoms with Crippen LogP contribution in [0.15, 0.2) is 200 Å². The summed E-state index contributed by atoms with van der Waals surface area (Å²) in [5.74, 6) is 0.871. The van der Waals surface area contributed by atoms with E-state index >= 15 is 0 Å². The van der Waals surface area contributed by atoms with Crippen molar-refractivity contribution in [3.8, 4) is 39.3 Å². The van der Waals surface area contributed by atoms with Gasteiger partial charge in [-0.25, -0.2) is 9.97 Å². The third kappa shape index (κ3) is 4.49. The lowest BCUT2D eigenvalue weighted by Gasteiger charge is -2.36. The molecule has 0 N–H and O–H groups in total. The summed E-state index contributed by atoms with van der Waals surface area (Å²) in [6, 6.07) is 71.0. The molecule has 8 aromatic carbocycles. The predicted octanol–water partition coefficient (Wildman–Crippen LogP) is 14.1. The third-order valence-corrected chi connectivity index (χ3v) is 13.1. The van der Waals surface area contributed by atoms with Crippen molar-refractivity contribution >= 4 is 55.6 Å². The minimum absolute atomic E-state index is 0.591. The quantitative estimate of drug-likeness (QED) is 0.168.